The molecule has 0 aliphatic rings. The van der Waals surface area contributed by atoms with Gasteiger partial charge in [-0.2, -0.15) is 0 Å². The summed E-state index contributed by atoms with van der Waals surface area (Å²) in [5.74, 6) is -2.74. The highest BCUT2D eigenvalue weighted by Gasteiger charge is 2.24. The Kier molecular flexibility index (Phi) is 5.08. The van der Waals surface area contributed by atoms with Crippen molar-refractivity contribution in [2.75, 3.05) is 0 Å². The molecule has 2 rings (SSSR count). The van der Waals surface area contributed by atoms with E-state index in [1.165, 1.54) is 13.0 Å². The molecular weight excluding hydrogens is 316 g/mol. The molecule has 1 aromatic heterocycles. The molecule has 0 radical (unpaired) electrons. The highest BCUT2D eigenvalue weighted by Crippen LogP contribution is 2.29. The minimum Gasteiger partial charge on any atom is -0.481 e. The van der Waals surface area contributed by atoms with Crippen molar-refractivity contribution in [2.24, 2.45) is 0 Å². The van der Waals surface area contributed by atoms with Crippen LogP contribution in [-0.4, -0.2) is 27.9 Å². The number of hydrogen-bond donors (Lipinski definition) is 2. The molecule has 1 aromatic carbocycles. The molecule has 23 heavy (non-hydrogen) atoms. The molecule has 0 bridgehead atoms. The van der Waals surface area contributed by atoms with Crippen LogP contribution in [0.4, 0.5) is 0 Å². The topological polar surface area (TPSA) is 91.7 Å². The summed E-state index contributed by atoms with van der Waals surface area (Å²) in [7, 11) is 0. The minimum absolute atomic E-state index is 0.0541. The van der Waals surface area contributed by atoms with Gasteiger partial charge in [0, 0.05) is 4.88 Å². The molecule has 0 atom stereocenters. The maximum Gasteiger partial charge on any atom is 0.337 e. The number of hydrogen-bond acceptors (Lipinski definition) is 4. The summed E-state index contributed by atoms with van der Waals surface area (Å²) in [6.07, 6.45) is 2.60. The number of allylic oxidation sites excluding steroid dienone is 1. The monoisotopic (exact) mass is 330 g/mol. The van der Waals surface area contributed by atoms with Gasteiger partial charge in [-0.05, 0) is 24.1 Å². The van der Waals surface area contributed by atoms with Gasteiger partial charge in [0.05, 0.1) is 16.9 Å². The van der Waals surface area contributed by atoms with Crippen LogP contribution in [0.15, 0.2) is 36.4 Å². The van der Waals surface area contributed by atoms with Gasteiger partial charge in [0.1, 0.15) is 0 Å². The molecule has 6 heteroatoms. The Labute approximate surface area is 136 Å². The van der Waals surface area contributed by atoms with E-state index in [0.29, 0.717) is 10.4 Å². The maximum absolute atomic E-state index is 12.3. The normalized spacial score (nSPS) is 10.8. The maximum atomic E-state index is 12.3. The van der Waals surface area contributed by atoms with Gasteiger partial charge in [0.25, 0.3) is 0 Å². The van der Waals surface area contributed by atoms with Crippen molar-refractivity contribution < 1.29 is 24.6 Å². The van der Waals surface area contributed by atoms with Gasteiger partial charge in [-0.1, -0.05) is 36.4 Å². The summed E-state index contributed by atoms with van der Waals surface area (Å²) in [4.78, 5) is 35.0. The second kappa shape index (κ2) is 7.02. The molecule has 118 valence electrons. The Morgan fingerprint density at radius 2 is 1.78 bits per heavy atom. The first-order chi connectivity index (χ1) is 10.9. The lowest BCUT2D eigenvalue weighted by molar-refractivity contribution is -0.136. The molecule has 0 spiro atoms. The quantitative estimate of drug-likeness (QED) is 0.626. The van der Waals surface area contributed by atoms with Crippen LogP contribution in [0.5, 0.6) is 0 Å². The second-order valence-electron chi connectivity index (χ2n) is 4.84. The summed E-state index contributed by atoms with van der Waals surface area (Å²) in [5.41, 5.74) is 1.03. The molecule has 1 heterocycles. The van der Waals surface area contributed by atoms with Gasteiger partial charge < -0.3 is 10.2 Å². The van der Waals surface area contributed by atoms with Crippen LogP contribution in [0.1, 0.15) is 36.0 Å². The lowest BCUT2D eigenvalue weighted by atomic mass is 10.1. The van der Waals surface area contributed by atoms with Gasteiger partial charge in [0.15, 0.2) is 5.78 Å². The molecule has 2 aromatic rings. The zero-order valence-electron chi connectivity index (χ0n) is 12.3. The number of thiophene rings is 1. The van der Waals surface area contributed by atoms with E-state index in [9.17, 15) is 19.5 Å². The van der Waals surface area contributed by atoms with E-state index in [1.54, 1.807) is 6.08 Å². The number of aliphatic carboxylic acids is 1. The van der Waals surface area contributed by atoms with Gasteiger partial charge in [-0.25, -0.2) is 4.79 Å². The highest BCUT2D eigenvalue weighted by molar-refractivity contribution is 7.14. The zero-order chi connectivity index (χ0) is 17.0. The Bertz CT molecular complexity index is 787. The van der Waals surface area contributed by atoms with Gasteiger partial charge in [-0.3, -0.25) is 9.59 Å². The molecule has 0 aliphatic carbocycles. The van der Waals surface area contributed by atoms with Crippen molar-refractivity contribution in [3.8, 4) is 0 Å². The van der Waals surface area contributed by atoms with E-state index >= 15 is 0 Å². The summed E-state index contributed by atoms with van der Waals surface area (Å²) in [6.45, 7) is 1.52. The molecule has 0 saturated carbocycles. The summed E-state index contributed by atoms with van der Waals surface area (Å²) >= 11 is 0.924. The number of carboxylic acids is 2. The predicted molar refractivity (Wildman–Crippen MR) is 87.2 cm³/mol. The fourth-order valence-electron chi connectivity index (χ4n) is 2.11. The lowest BCUT2D eigenvalue weighted by Gasteiger charge is -1.97. The first-order valence-electron chi connectivity index (χ1n) is 6.75. The number of aromatic carboxylic acids is 1. The number of rotatable bonds is 6. The third kappa shape index (κ3) is 3.92. The van der Waals surface area contributed by atoms with E-state index in [0.717, 1.165) is 16.9 Å². The number of ketones is 1. The van der Waals surface area contributed by atoms with E-state index in [-0.39, 0.29) is 16.9 Å². The first kappa shape index (κ1) is 16.6. The van der Waals surface area contributed by atoms with Gasteiger partial charge in [-0.15, -0.1) is 11.3 Å². The molecule has 0 saturated heterocycles. The Morgan fingerprint density at radius 1 is 1.13 bits per heavy atom. The first-order valence-corrected chi connectivity index (χ1v) is 7.56. The smallest absolute Gasteiger partial charge is 0.337 e. The summed E-state index contributed by atoms with van der Waals surface area (Å²) in [5, 5.41) is 18.2. The molecule has 0 amide bonds. The average Bonchev–Trinajstić information content (AvgIpc) is 2.82. The van der Waals surface area contributed by atoms with E-state index < -0.39 is 17.7 Å². The average molecular weight is 330 g/mol. The Morgan fingerprint density at radius 3 is 2.35 bits per heavy atom. The predicted octanol–water partition coefficient (Wildman–Crippen LogP) is 3.28. The van der Waals surface area contributed by atoms with Crippen molar-refractivity contribution in [1.82, 2.24) is 0 Å². The van der Waals surface area contributed by atoms with Crippen LogP contribution < -0.4 is 0 Å². The molecule has 2 N–H and O–H groups in total. The van der Waals surface area contributed by atoms with Crippen LogP contribution in [0.25, 0.3) is 6.08 Å². The Hall–Kier alpha value is -2.73. The molecule has 0 fully saturated rings. The van der Waals surface area contributed by atoms with Crippen LogP contribution in [0.3, 0.4) is 0 Å². The number of benzene rings is 1. The highest BCUT2D eigenvalue weighted by atomic mass is 32.1. The van der Waals surface area contributed by atoms with E-state index in [2.05, 4.69) is 0 Å². The van der Waals surface area contributed by atoms with Crippen molar-refractivity contribution >= 4 is 35.1 Å². The minimum atomic E-state index is -1.23. The largest absolute Gasteiger partial charge is 0.481 e. The van der Waals surface area contributed by atoms with Crippen LogP contribution in [-0.2, 0) is 11.2 Å². The van der Waals surface area contributed by atoms with Crippen LogP contribution >= 0.6 is 11.3 Å². The van der Waals surface area contributed by atoms with E-state index in [4.69, 9.17) is 5.11 Å². The number of carbonyl (C=O) groups excluding carboxylic acids is 1. The molecule has 5 nitrogen and oxygen atoms in total. The van der Waals surface area contributed by atoms with Crippen LogP contribution in [0, 0.1) is 6.92 Å². The van der Waals surface area contributed by atoms with Gasteiger partial charge in [0.2, 0.25) is 0 Å². The fourth-order valence-corrected chi connectivity index (χ4v) is 3.32. The fraction of sp³-hybridized carbons (Fsp3) is 0.118. The van der Waals surface area contributed by atoms with Crippen molar-refractivity contribution in [3.05, 3.63) is 62.9 Å². The third-order valence-electron chi connectivity index (χ3n) is 3.22. The number of carbonyl (C=O) groups is 3. The second-order valence-corrected chi connectivity index (χ2v) is 5.94. The van der Waals surface area contributed by atoms with Crippen molar-refractivity contribution in [3.63, 3.8) is 0 Å². The van der Waals surface area contributed by atoms with Crippen molar-refractivity contribution in [1.29, 1.82) is 0 Å². The summed E-state index contributed by atoms with van der Waals surface area (Å²) < 4.78 is 0. The summed E-state index contributed by atoms with van der Waals surface area (Å²) in [6, 6.07) is 9.14. The SMILES string of the molecule is Cc1c(CC(=O)O)sc(C(=O)C=Cc2ccccc2)c1C(=O)O. The molecular formula is C17H14O5S. The van der Waals surface area contributed by atoms with Crippen LogP contribution in [0.2, 0.25) is 0 Å². The number of carboxylic acid groups (broad SMARTS) is 2. The zero-order valence-corrected chi connectivity index (χ0v) is 13.1. The van der Waals surface area contributed by atoms with E-state index in [1.807, 2.05) is 30.3 Å². The van der Waals surface area contributed by atoms with Crippen molar-refractivity contribution in [2.45, 2.75) is 13.3 Å². The third-order valence-corrected chi connectivity index (χ3v) is 4.53. The standard InChI is InChI=1S/C17H14O5S/c1-10-13(9-14(19)20)23-16(15(10)17(21)22)12(18)8-7-11-5-3-2-4-6-11/h2-8H,9H2,1H3,(H,19,20)(H,21,22). The molecule has 0 aliphatic heterocycles. The van der Waals surface area contributed by atoms with Gasteiger partial charge >= 0.3 is 11.9 Å². The lowest BCUT2D eigenvalue weighted by Crippen LogP contribution is -2.05. The molecule has 0 unspecified atom stereocenters. The Balaban J connectivity index is 2.37.